The van der Waals surface area contributed by atoms with Gasteiger partial charge >= 0.3 is 6.09 Å². The lowest BCUT2D eigenvalue weighted by Crippen LogP contribution is -2.35. The zero-order valence-corrected chi connectivity index (χ0v) is 11.7. The molecule has 1 aliphatic heterocycles. The van der Waals surface area contributed by atoms with E-state index < -0.39 is 6.09 Å². The number of alkyl carbamates (subject to hydrolysis) is 1. The fourth-order valence-electron chi connectivity index (χ4n) is 1.92. The molecular formula is C13H20N4O3. The van der Waals surface area contributed by atoms with Crippen molar-refractivity contribution in [1.29, 1.82) is 0 Å². The summed E-state index contributed by atoms with van der Waals surface area (Å²) in [6.45, 7) is 4.31. The van der Waals surface area contributed by atoms with Crippen LogP contribution in [-0.4, -0.2) is 34.8 Å². The van der Waals surface area contributed by atoms with Crippen LogP contribution in [-0.2, 0) is 9.47 Å². The van der Waals surface area contributed by atoms with Gasteiger partial charge in [0.2, 0.25) is 5.95 Å². The number of hydrogen-bond donors (Lipinski definition) is 2. The molecule has 0 spiro atoms. The smallest absolute Gasteiger partial charge is 0.407 e. The van der Waals surface area contributed by atoms with Crippen LogP contribution in [0.15, 0.2) is 12.4 Å². The summed E-state index contributed by atoms with van der Waals surface area (Å²) in [4.78, 5) is 19.5. The zero-order valence-electron chi connectivity index (χ0n) is 11.7. The number of amides is 1. The number of aromatic nitrogens is 2. The molecule has 1 fully saturated rings. The highest BCUT2D eigenvalue weighted by Crippen LogP contribution is 2.29. The van der Waals surface area contributed by atoms with Crippen LogP contribution in [0.5, 0.6) is 0 Å². The van der Waals surface area contributed by atoms with Crippen LogP contribution in [0.4, 0.5) is 10.7 Å². The van der Waals surface area contributed by atoms with Crippen LogP contribution in [0.2, 0.25) is 0 Å². The van der Waals surface area contributed by atoms with E-state index in [2.05, 4.69) is 15.3 Å². The predicted octanol–water partition coefficient (Wildman–Crippen LogP) is 1.41. The maximum Gasteiger partial charge on any atom is 0.407 e. The second-order valence-electron chi connectivity index (χ2n) is 4.91. The van der Waals surface area contributed by atoms with Crippen molar-refractivity contribution in [1.82, 2.24) is 15.3 Å². The summed E-state index contributed by atoms with van der Waals surface area (Å²) in [7, 11) is 0. The molecule has 3 atom stereocenters. The van der Waals surface area contributed by atoms with Gasteiger partial charge in [-0.1, -0.05) is 6.92 Å². The highest BCUT2D eigenvalue weighted by atomic mass is 16.6. The van der Waals surface area contributed by atoms with Crippen molar-refractivity contribution in [2.24, 2.45) is 0 Å². The molecule has 110 valence electrons. The molecule has 2 rings (SSSR count). The first-order chi connectivity index (χ1) is 9.58. The number of ether oxygens (including phenoxy) is 2. The van der Waals surface area contributed by atoms with E-state index in [1.807, 2.05) is 13.8 Å². The molecule has 2 heterocycles. The third-order valence-corrected chi connectivity index (χ3v) is 3.27. The molecule has 7 nitrogen and oxygen atoms in total. The molecule has 0 unspecified atom stereocenters. The molecule has 1 aromatic heterocycles. The van der Waals surface area contributed by atoms with Gasteiger partial charge in [-0.3, -0.25) is 0 Å². The largest absolute Gasteiger partial charge is 0.444 e. The molecule has 0 saturated carbocycles. The summed E-state index contributed by atoms with van der Waals surface area (Å²) in [5.74, 6) is 0.229. The quantitative estimate of drug-likeness (QED) is 0.865. The number of anilines is 1. The number of nitrogens with zero attached hydrogens (tertiary/aromatic N) is 2. The normalized spacial score (nSPS) is 23.3. The molecule has 0 bridgehead atoms. The number of carbonyl (C=O) groups is 1. The standard InChI is InChI=1S/C13H20N4O3/c1-3-8(2)17-13(18)20-10-4-11(19-7-10)9-5-15-12(14)16-6-9/h5-6,8,10-11H,3-4,7H2,1-2H3,(H,17,18)(H2,14,15,16)/t8-,10-,11-/m0/s1. The van der Waals surface area contributed by atoms with Crippen molar-refractivity contribution in [3.63, 3.8) is 0 Å². The molecule has 1 amide bonds. The Balaban J connectivity index is 1.83. The van der Waals surface area contributed by atoms with E-state index in [9.17, 15) is 4.79 Å². The third-order valence-electron chi connectivity index (χ3n) is 3.27. The number of nitrogens with one attached hydrogen (secondary N) is 1. The minimum Gasteiger partial charge on any atom is -0.444 e. The predicted molar refractivity (Wildman–Crippen MR) is 72.9 cm³/mol. The minimum atomic E-state index is -0.401. The van der Waals surface area contributed by atoms with E-state index in [0.717, 1.165) is 12.0 Å². The lowest BCUT2D eigenvalue weighted by Gasteiger charge is -2.15. The van der Waals surface area contributed by atoms with E-state index in [-0.39, 0.29) is 24.2 Å². The van der Waals surface area contributed by atoms with Gasteiger partial charge in [0.1, 0.15) is 6.10 Å². The Morgan fingerprint density at radius 2 is 2.30 bits per heavy atom. The maximum absolute atomic E-state index is 11.6. The van der Waals surface area contributed by atoms with Crippen LogP contribution < -0.4 is 11.1 Å². The summed E-state index contributed by atoms with van der Waals surface area (Å²) in [5, 5.41) is 2.76. The first-order valence-corrected chi connectivity index (χ1v) is 6.74. The van der Waals surface area contributed by atoms with Crippen LogP contribution in [0, 0.1) is 0 Å². The number of carbonyl (C=O) groups excluding carboxylic acids is 1. The molecule has 3 N–H and O–H groups in total. The van der Waals surface area contributed by atoms with Gasteiger partial charge in [-0.25, -0.2) is 14.8 Å². The van der Waals surface area contributed by atoms with Gasteiger partial charge in [0.15, 0.2) is 0 Å². The molecule has 1 aromatic rings. The summed E-state index contributed by atoms with van der Waals surface area (Å²) in [6, 6.07) is 0.103. The van der Waals surface area contributed by atoms with Gasteiger partial charge in [0, 0.05) is 30.4 Å². The molecule has 0 aliphatic carbocycles. The third kappa shape index (κ3) is 3.80. The van der Waals surface area contributed by atoms with Gasteiger partial charge in [-0.05, 0) is 13.3 Å². The molecule has 7 heteroatoms. The van der Waals surface area contributed by atoms with Crippen molar-refractivity contribution in [2.75, 3.05) is 12.3 Å². The summed E-state index contributed by atoms with van der Waals surface area (Å²) < 4.78 is 10.9. The van der Waals surface area contributed by atoms with Crippen LogP contribution in [0.25, 0.3) is 0 Å². The van der Waals surface area contributed by atoms with Crippen LogP contribution >= 0.6 is 0 Å². The molecule has 20 heavy (non-hydrogen) atoms. The Morgan fingerprint density at radius 1 is 1.60 bits per heavy atom. The van der Waals surface area contributed by atoms with E-state index >= 15 is 0 Å². The molecule has 1 saturated heterocycles. The highest BCUT2D eigenvalue weighted by Gasteiger charge is 2.30. The van der Waals surface area contributed by atoms with Crippen molar-refractivity contribution < 1.29 is 14.3 Å². The first kappa shape index (κ1) is 14.5. The molecular weight excluding hydrogens is 260 g/mol. The fraction of sp³-hybridized carbons (Fsp3) is 0.615. The first-order valence-electron chi connectivity index (χ1n) is 6.74. The van der Waals surface area contributed by atoms with Crippen molar-refractivity contribution in [3.05, 3.63) is 18.0 Å². The monoisotopic (exact) mass is 280 g/mol. The lowest BCUT2D eigenvalue weighted by atomic mass is 10.1. The van der Waals surface area contributed by atoms with Gasteiger partial charge in [-0.2, -0.15) is 0 Å². The second kappa shape index (κ2) is 6.51. The van der Waals surface area contributed by atoms with Gasteiger partial charge in [-0.15, -0.1) is 0 Å². The minimum absolute atomic E-state index is 0.103. The molecule has 0 radical (unpaired) electrons. The Kier molecular flexibility index (Phi) is 4.73. The Bertz CT molecular complexity index is 451. The topological polar surface area (TPSA) is 99.4 Å². The van der Waals surface area contributed by atoms with Crippen molar-refractivity contribution in [3.8, 4) is 0 Å². The average molecular weight is 280 g/mol. The summed E-state index contributed by atoms with van der Waals surface area (Å²) >= 11 is 0. The van der Waals surface area contributed by atoms with Crippen LogP contribution in [0.1, 0.15) is 38.4 Å². The zero-order chi connectivity index (χ0) is 14.5. The van der Waals surface area contributed by atoms with Crippen molar-refractivity contribution >= 4 is 12.0 Å². The van der Waals surface area contributed by atoms with E-state index in [0.29, 0.717) is 13.0 Å². The lowest BCUT2D eigenvalue weighted by molar-refractivity contribution is 0.0686. The highest BCUT2D eigenvalue weighted by molar-refractivity contribution is 5.67. The maximum atomic E-state index is 11.6. The second-order valence-corrected chi connectivity index (χ2v) is 4.91. The average Bonchev–Trinajstić information content (AvgIpc) is 2.87. The van der Waals surface area contributed by atoms with Crippen LogP contribution in [0.3, 0.4) is 0 Å². The summed E-state index contributed by atoms with van der Waals surface area (Å²) in [6.07, 6.45) is 3.92. The van der Waals surface area contributed by atoms with Gasteiger partial charge in [0.05, 0.1) is 12.7 Å². The Hall–Kier alpha value is -1.89. The van der Waals surface area contributed by atoms with Gasteiger partial charge in [0.25, 0.3) is 0 Å². The van der Waals surface area contributed by atoms with E-state index in [1.165, 1.54) is 0 Å². The Morgan fingerprint density at radius 3 is 2.95 bits per heavy atom. The summed E-state index contributed by atoms with van der Waals surface area (Å²) in [5.41, 5.74) is 6.28. The number of nitrogens with two attached hydrogens (primary N) is 1. The van der Waals surface area contributed by atoms with Gasteiger partial charge < -0.3 is 20.5 Å². The van der Waals surface area contributed by atoms with Crippen molar-refractivity contribution in [2.45, 2.75) is 44.9 Å². The molecule has 1 aliphatic rings. The number of hydrogen-bond acceptors (Lipinski definition) is 6. The SMILES string of the molecule is CC[C@H](C)NC(=O)O[C@@H]1CO[C@H](c2cnc(N)nc2)C1. The van der Waals surface area contributed by atoms with E-state index in [1.54, 1.807) is 12.4 Å². The molecule has 0 aromatic carbocycles. The number of rotatable bonds is 4. The number of nitrogen functional groups attached to an aromatic ring is 1. The Labute approximate surface area is 117 Å². The fourth-order valence-corrected chi connectivity index (χ4v) is 1.92. The van der Waals surface area contributed by atoms with E-state index in [4.69, 9.17) is 15.2 Å².